The van der Waals surface area contributed by atoms with Gasteiger partial charge in [-0.25, -0.2) is 15.0 Å². The molecule has 0 bridgehead atoms. The number of nitrogens with zero attached hydrogens (tertiary/aromatic N) is 4. The average molecular weight is 504 g/mol. The fraction of sp³-hybridized carbons (Fsp3) is 0.792. The first-order valence-corrected chi connectivity index (χ1v) is 18.0. The fourth-order valence-corrected chi connectivity index (χ4v) is 15.1. The molecule has 8 nitrogen and oxygen atoms in total. The number of aromatic nitrogens is 4. The monoisotopic (exact) mass is 503 g/mol. The first-order chi connectivity index (χ1) is 16.3. The lowest BCUT2D eigenvalue weighted by Gasteiger charge is -2.37. The molecule has 0 saturated carbocycles. The average Bonchev–Trinajstić information content (AvgIpc) is 3.59. The summed E-state index contributed by atoms with van der Waals surface area (Å²) in [5.41, 5.74) is 8.64. The second-order valence-corrected chi connectivity index (χ2v) is 20.4. The summed E-state index contributed by atoms with van der Waals surface area (Å²) in [7, 11) is -3.50. The van der Waals surface area contributed by atoms with Gasteiger partial charge in [0.25, 0.3) is 0 Å². The van der Waals surface area contributed by atoms with Gasteiger partial charge in [-0.15, -0.1) is 0 Å². The third-order valence-corrected chi connectivity index (χ3v) is 19.3. The molecule has 3 saturated heterocycles. The van der Waals surface area contributed by atoms with E-state index in [-0.39, 0.29) is 18.4 Å². The molecule has 0 amide bonds. The number of anilines is 1. The molecule has 10 heteroatoms. The van der Waals surface area contributed by atoms with Crippen LogP contribution in [0.3, 0.4) is 0 Å². The van der Waals surface area contributed by atoms with E-state index in [0.29, 0.717) is 29.0 Å². The third kappa shape index (κ3) is 4.36. The van der Waals surface area contributed by atoms with Crippen LogP contribution in [0.1, 0.15) is 66.0 Å². The molecule has 34 heavy (non-hydrogen) atoms. The van der Waals surface area contributed by atoms with Crippen LogP contribution < -0.4 is 5.73 Å². The zero-order valence-electron chi connectivity index (χ0n) is 21.2. The lowest BCUT2D eigenvalue weighted by atomic mass is 10.2. The van der Waals surface area contributed by atoms with Gasteiger partial charge < -0.3 is 19.3 Å². The normalized spacial score (nSPS) is 28.6. The highest BCUT2D eigenvalue weighted by Gasteiger charge is 2.49. The Balaban J connectivity index is 1.40. The number of nitrogens with two attached hydrogens (primary N) is 1. The standard InChI is InChI=1S/C24H41N5O3Si2/c1-17(2)33(9-5-6-10-33)30-14-20-19(32-34(18(3)4)11-7-8-12-34)13-21(31-20)29-16-28-22-23(25)26-15-27-24(22)29/h15-21H,5-14H2,1-4H3,(H2,25,26,27)/t19-,20+,21?/m1/s1. The van der Waals surface area contributed by atoms with Gasteiger partial charge in [-0.2, -0.15) is 0 Å². The van der Waals surface area contributed by atoms with Crippen LogP contribution >= 0.6 is 0 Å². The van der Waals surface area contributed by atoms with E-state index in [1.165, 1.54) is 56.2 Å². The van der Waals surface area contributed by atoms with Crippen molar-refractivity contribution >= 4 is 33.6 Å². The topological polar surface area (TPSA) is 97.3 Å². The van der Waals surface area contributed by atoms with E-state index in [1.807, 2.05) is 4.57 Å². The van der Waals surface area contributed by atoms with Gasteiger partial charge in [-0.1, -0.05) is 53.4 Å². The molecule has 2 aromatic heterocycles. The molecular weight excluding hydrogens is 462 g/mol. The molecule has 5 rings (SSSR count). The number of hydrogen-bond donors (Lipinski definition) is 1. The maximum Gasteiger partial charge on any atom is 0.195 e. The summed E-state index contributed by atoms with van der Waals surface area (Å²) in [4.78, 5) is 13.0. The summed E-state index contributed by atoms with van der Waals surface area (Å²) in [5.74, 6) is 0.401. The summed E-state index contributed by atoms with van der Waals surface area (Å²) < 4.78 is 22.7. The molecule has 188 valence electrons. The Morgan fingerprint density at radius 1 is 1.00 bits per heavy atom. The van der Waals surface area contributed by atoms with Gasteiger partial charge in [0.2, 0.25) is 0 Å². The number of rotatable bonds is 8. The van der Waals surface area contributed by atoms with Crippen molar-refractivity contribution in [1.82, 2.24) is 19.5 Å². The summed E-state index contributed by atoms with van der Waals surface area (Å²) in [6, 6.07) is 5.09. The molecule has 3 aliphatic rings. The minimum Gasteiger partial charge on any atom is -0.414 e. The molecule has 3 aliphatic heterocycles. The SMILES string of the molecule is CC(C)[Si]1(OC[C@@H]2OC(n3cnc4c(N)ncnc43)C[C@H]2O[Si]2(C(C)C)CCCC2)CCCC1. The Labute approximate surface area is 205 Å². The Kier molecular flexibility index (Phi) is 6.89. The third-order valence-electron chi connectivity index (χ3n) is 8.80. The number of imidazole rings is 1. The van der Waals surface area contributed by atoms with Crippen molar-refractivity contribution in [3.05, 3.63) is 12.7 Å². The van der Waals surface area contributed by atoms with Crippen LogP contribution in [0.4, 0.5) is 5.82 Å². The van der Waals surface area contributed by atoms with Crippen molar-refractivity contribution in [1.29, 1.82) is 0 Å². The molecule has 5 heterocycles. The van der Waals surface area contributed by atoms with Crippen molar-refractivity contribution < 1.29 is 13.6 Å². The Morgan fingerprint density at radius 3 is 2.29 bits per heavy atom. The van der Waals surface area contributed by atoms with Crippen LogP contribution in [0.25, 0.3) is 11.2 Å². The summed E-state index contributed by atoms with van der Waals surface area (Å²) in [6.07, 6.45) is 9.10. The molecule has 2 aromatic rings. The van der Waals surface area contributed by atoms with Gasteiger partial charge in [0.15, 0.2) is 28.1 Å². The smallest absolute Gasteiger partial charge is 0.195 e. The second kappa shape index (κ2) is 9.61. The summed E-state index contributed by atoms with van der Waals surface area (Å²) >= 11 is 0. The van der Waals surface area contributed by atoms with Crippen molar-refractivity contribution in [3.8, 4) is 0 Å². The van der Waals surface area contributed by atoms with Crippen molar-refractivity contribution in [3.63, 3.8) is 0 Å². The van der Waals surface area contributed by atoms with Crippen LogP contribution in [0, 0.1) is 0 Å². The highest BCUT2D eigenvalue weighted by atomic mass is 28.4. The molecule has 3 fully saturated rings. The van der Waals surface area contributed by atoms with Crippen LogP contribution in [0.15, 0.2) is 12.7 Å². The number of fused-ring (bicyclic) bond motifs is 1. The molecule has 1 unspecified atom stereocenters. The first kappa shape index (κ1) is 24.4. The van der Waals surface area contributed by atoms with Crippen molar-refractivity contribution in [2.24, 2.45) is 0 Å². The van der Waals surface area contributed by atoms with E-state index in [0.717, 1.165) is 12.1 Å². The highest BCUT2D eigenvalue weighted by molar-refractivity contribution is 6.76. The van der Waals surface area contributed by atoms with Crippen molar-refractivity contribution in [2.75, 3.05) is 12.3 Å². The first-order valence-electron chi connectivity index (χ1n) is 13.2. The second-order valence-electron chi connectivity index (χ2n) is 11.3. The van der Waals surface area contributed by atoms with Crippen LogP contribution in [0.2, 0.25) is 35.3 Å². The van der Waals surface area contributed by atoms with Gasteiger partial charge >= 0.3 is 0 Å². The van der Waals surface area contributed by atoms with Gasteiger partial charge in [0, 0.05) is 6.42 Å². The Morgan fingerprint density at radius 2 is 1.65 bits per heavy atom. The number of nitrogen functional groups attached to an aromatic ring is 1. The Bertz CT molecular complexity index is 988. The van der Waals surface area contributed by atoms with Crippen LogP contribution in [0.5, 0.6) is 0 Å². The van der Waals surface area contributed by atoms with E-state index >= 15 is 0 Å². The lowest BCUT2D eigenvalue weighted by Crippen LogP contribution is -2.47. The maximum absolute atomic E-state index is 7.16. The van der Waals surface area contributed by atoms with Gasteiger partial charge in [0.1, 0.15) is 24.2 Å². The fourth-order valence-electron chi connectivity index (χ4n) is 6.44. The number of hydrogen-bond acceptors (Lipinski definition) is 7. The van der Waals surface area contributed by atoms with Gasteiger partial charge in [0.05, 0.1) is 19.0 Å². The van der Waals surface area contributed by atoms with Crippen LogP contribution in [-0.4, -0.2) is 55.0 Å². The zero-order valence-corrected chi connectivity index (χ0v) is 23.2. The lowest BCUT2D eigenvalue weighted by molar-refractivity contribution is -0.0380. The number of ether oxygens (including phenoxy) is 1. The van der Waals surface area contributed by atoms with Gasteiger partial charge in [-0.3, -0.25) is 4.57 Å². The molecule has 2 N–H and O–H groups in total. The summed E-state index contributed by atoms with van der Waals surface area (Å²) in [5, 5.41) is 0. The van der Waals surface area contributed by atoms with Crippen molar-refractivity contribution in [2.45, 2.75) is 113 Å². The Hall–Kier alpha value is -1.34. The van der Waals surface area contributed by atoms with E-state index in [2.05, 4.69) is 42.6 Å². The largest absolute Gasteiger partial charge is 0.414 e. The van der Waals surface area contributed by atoms with E-state index in [1.54, 1.807) is 6.33 Å². The maximum atomic E-state index is 7.16. The minimum absolute atomic E-state index is 0.0495. The van der Waals surface area contributed by atoms with E-state index < -0.39 is 16.6 Å². The molecule has 0 radical (unpaired) electrons. The molecular formula is C24H41N5O3Si2. The van der Waals surface area contributed by atoms with Crippen LogP contribution in [-0.2, 0) is 13.6 Å². The van der Waals surface area contributed by atoms with E-state index in [4.69, 9.17) is 19.3 Å². The molecule has 0 aliphatic carbocycles. The van der Waals surface area contributed by atoms with E-state index in [9.17, 15) is 0 Å². The molecule has 0 aromatic carbocycles. The van der Waals surface area contributed by atoms with Gasteiger partial charge in [-0.05, 0) is 35.3 Å². The molecule has 3 atom stereocenters. The molecule has 0 spiro atoms. The highest BCUT2D eigenvalue weighted by Crippen LogP contribution is 2.45. The summed E-state index contributed by atoms with van der Waals surface area (Å²) in [6.45, 7) is 10.1. The predicted octanol–water partition coefficient (Wildman–Crippen LogP) is 5.40. The minimum atomic E-state index is -1.79. The predicted molar refractivity (Wildman–Crippen MR) is 138 cm³/mol. The zero-order chi connectivity index (χ0) is 23.9. The quantitative estimate of drug-likeness (QED) is 0.482.